The smallest absolute Gasteiger partial charge is 0.405 e. The van der Waals surface area contributed by atoms with Gasteiger partial charge in [0.1, 0.15) is 49.3 Å². The maximum Gasteiger partial charge on any atom is 0.405 e. The third kappa shape index (κ3) is 23.7. The molecule has 3 aliphatic heterocycles. The lowest BCUT2D eigenvalue weighted by Crippen LogP contribution is -2.34. The molecule has 121 heavy (non-hydrogen) atoms. The maximum absolute atomic E-state index is 13.1. The van der Waals surface area contributed by atoms with Crippen LogP contribution in [0.4, 0.5) is 30.7 Å². The van der Waals surface area contributed by atoms with E-state index in [2.05, 4.69) is 97.1 Å². The summed E-state index contributed by atoms with van der Waals surface area (Å²) in [6.45, 7) is 21.7. The number of phenolic OH excluding ortho intramolecular Hbond substituents is 2. The quantitative estimate of drug-likeness (QED) is 0.0387. The van der Waals surface area contributed by atoms with Crippen molar-refractivity contribution in [2.24, 2.45) is 5.73 Å². The molecule has 7 N–H and O–H groups in total. The van der Waals surface area contributed by atoms with E-state index in [1.807, 2.05) is 161 Å². The lowest BCUT2D eigenvalue weighted by atomic mass is 9.90. The van der Waals surface area contributed by atoms with Crippen LogP contribution in [-0.4, -0.2) is 143 Å². The van der Waals surface area contributed by atoms with Gasteiger partial charge in [0.15, 0.2) is 34.4 Å². The minimum absolute atomic E-state index is 0. The summed E-state index contributed by atoms with van der Waals surface area (Å²) in [6, 6.07) is 47.9. The van der Waals surface area contributed by atoms with Gasteiger partial charge in [0.2, 0.25) is 0 Å². The van der Waals surface area contributed by atoms with Crippen molar-refractivity contribution in [1.82, 2.24) is 40.8 Å². The van der Waals surface area contributed by atoms with Crippen LogP contribution in [0.5, 0.6) is 23.0 Å². The van der Waals surface area contributed by atoms with Crippen LogP contribution in [0.15, 0.2) is 165 Å². The number of ether oxygens (including phenoxy) is 2. The van der Waals surface area contributed by atoms with Crippen LogP contribution in [0, 0.1) is 13.8 Å². The number of likely N-dealkylation sites (N-methyl/N-ethyl adjacent to an activating group) is 3. The van der Waals surface area contributed by atoms with Crippen molar-refractivity contribution in [3.63, 3.8) is 0 Å². The van der Waals surface area contributed by atoms with E-state index in [1.165, 1.54) is 23.3 Å². The van der Waals surface area contributed by atoms with Crippen molar-refractivity contribution in [2.75, 3.05) is 67.6 Å². The van der Waals surface area contributed by atoms with Crippen LogP contribution in [0.25, 0.3) is 67.4 Å². The Balaban J connectivity index is 0.000000219. The zero-order valence-corrected chi connectivity index (χ0v) is 68.8. The molecule has 6 heterocycles. The van der Waals surface area contributed by atoms with E-state index in [0.717, 1.165) is 126 Å². The summed E-state index contributed by atoms with van der Waals surface area (Å²) in [5, 5.41) is 46.5. The summed E-state index contributed by atoms with van der Waals surface area (Å²) in [7, 11) is 5.18. The first-order chi connectivity index (χ1) is 57.1. The first kappa shape index (κ1) is 93.2. The fourth-order valence-electron chi connectivity index (χ4n) is 14.7. The standard InChI is InChI=1S/C33H34F3N3O3.C31H32N2O4.C25H26F3N3O4.C2H7N.CH3F.2CH4/c1-20(2)26-16-27(28(14-21(26)3)41-18-22-8-6-5-7-9-22)31-29(30(38-42-31)32(40)37-19-33(34,35)36)24-10-11-25-17-39(4)13-12-23(25)15-24;1-19(2)25-16-26(27(14-20(25)3)36-18-21-8-6-5-7-9-21)30-28(29(31(34)35)32-37-30)23-10-11-24-17-33(4)13-12-22(24)15-23;1-13(2)17-9-18(20(33)10-19(17)32)23-21(22(30-35-23)24(34)29-12-25(26,27)28)15-4-5-16-11-31(3)7-6-14(16)8-15;1-2-3;1-2;;/h5-11,14-16,20H,12-13,17-19H2,1-4H3,(H,37,40);5-11,14-16,19H,12-13,17-18H2,1-4H3,(H,34,35);4-5,8-10,13,32-33H,6-7,11-12H2,1-3H3,(H,29,34);2-3H2,1H3;1H3;2*1H4/i;;;;1D;;. The number of phenols is 2. The number of carbonyl (C=O) groups is 3. The van der Waals surface area contributed by atoms with Gasteiger partial charge in [-0.15, -0.1) is 0 Å². The number of aromatic hydroxyl groups is 2. The zero-order valence-electron chi connectivity index (χ0n) is 69.8. The molecule has 14 rings (SSSR count). The molecule has 11 aromatic rings. The molecule has 8 aromatic carbocycles. The van der Waals surface area contributed by atoms with E-state index in [9.17, 15) is 60.4 Å². The van der Waals surface area contributed by atoms with Crippen LogP contribution in [0.2, 0.25) is 0 Å². The van der Waals surface area contributed by atoms with Gasteiger partial charge in [-0.05, 0) is 198 Å². The van der Waals surface area contributed by atoms with Crippen LogP contribution >= 0.6 is 0 Å². The minimum Gasteiger partial charge on any atom is -0.508 e. The summed E-state index contributed by atoms with van der Waals surface area (Å²) in [5.74, 6) is -1.34. The Morgan fingerprint density at radius 2 is 0.818 bits per heavy atom. The molecular formula is C94H110F7N9O11. The Kier molecular flexibility index (Phi) is 32.4. The molecule has 0 radical (unpaired) electrons. The van der Waals surface area contributed by atoms with Gasteiger partial charge in [0, 0.05) is 45.3 Å². The molecule has 2 amide bonds. The molecule has 0 atom stereocenters. The number of fused-ring (bicyclic) bond motifs is 3. The molecule has 3 aliphatic rings. The highest BCUT2D eigenvalue weighted by molar-refractivity contribution is 6.04. The number of nitrogens with zero attached hydrogens (tertiary/aromatic N) is 6. The molecule has 0 saturated carbocycles. The van der Waals surface area contributed by atoms with Gasteiger partial charge in [-0.3, -0.25) is 14.0 Å². The topological polar surface area (TPSA) is 268 Å². The fraction of sp³-hybridized carbons (Fsp3) is 0.362. The summed E-state index contributed by atoms with van der Waals surface area (Å²) in [4.78, 5) is 44.8. The van der Waals surface area contributed by atoms with Gasteiger partial charge in [-0.2, -0.15) is 26.3 Å². The summed E-state index contributed by atoms with van der Waals surface area (Å²) in [5.41, 5.74) is 22.4. The Hall–Kier alpha value is -11.7. The van der Waals surface area contributed by atoms with Gasteiger partial charge >= 0.3 is 18.3 Å². The van der Waals surface area contributed by atoms with E-state index in [4.69, 9.17) is 30.1 Å². The number of aromatic carboxylic acids is 1. The van der Waals surface area contributed by atoms with Gasteiger partial charge < -0.3 is 69.4 Å². The second-order valence-electron chi connectivity index (χ2n) is 30.8. The van der Waals surface area contributed by atoms with E-state index < -0.39 is 50.4 Å². The molecule has 0 aliphatic carbocycles. The number of amides is 2. The summed E-state index contributed by atoms with van der Waals surface area (Å²) < 4.78 is 122. The number of carboxylic acids is 1. The van der Waals surface area contributed by atoms with E-state index in [1.54, 1.807) is 6.07 Å². The van der Waals surface area contributed by atoms with Crippen LogP contribution in [0.3, 0.4) is 0 Å². The molecule has 0 unspecified atom stereocenters. The number of aryl methyl sites for hydroxylation is 2. The van der Waals surface area contributed by atoms with Gasteiger partial charge in [-0.1, -0.05) is 194 Å². The van der Waals surface area contributed by atoms with E-state index in [0.29, 0.717) is 69.4 Å². The number of aromatic nitrogens is 3. The normalized spacial score (nSPS) is 13.3. The number of halogens is 7. The van der Waals surface area contributed by atoms with E-state index >= 15 is 0 Å². The minimum atomic E-state index is -4.60. The second kappa shape index (κ2) is 42.0. The molecule has 0 bridgehead atoms. The molecule has 27 heteroatoms. The molecule has 0 saturated heterocycles. The molecule has 3 aromatic heterocycles. The van der Waals surface area contributed by atoms with Crippen LogP contribution < -0.4 is 25.8 Å². The molecule has 0 fully saturated rings. The SMILES string of the molecule is C.C.CC(C)c1cc(-c2onc(C(=O)NCC(F)(F)F)c2-c2ccc3c(c2)CCN(C)C3)c(O)cc1O.CCN.Cc1cc(OCc2ccccc2)c(-c2onc(C(=O)NCC(F)(F)F)c2-c2ccc3c(c2)CCN(C)C3)cc1C(C)C.Cc1cc(OCc2ccccc2)c(-c2onc(C(=O)O)c2-c2ccc3c(c2)CCN(C)C3)cc1C(C)C.[2H]CF. The number of carbonyl (C=O) groups excluding carboxylic acids is 2. The lowest BCUT2D eigenvalue weighted by molar-refractivity contribution is -0.123. The first-order valence-electron chi connectivity index (χ1n) is 39.9. The molecule has 20 nitrogen and oxygen atoms in total. The average Bonchev–Trinajstić information content (AvgIpc) is 1.61. The second-order valence-corrected chi connectivity index (χ2v) is 30.8. The van der Waals surface area contributed by atoms with Crippen molar-refractivity contribution < 1.29 is 84.8 Å². The van der Waals surface area contributed by atoms with Gasteiger partial charge in [-0.25, -0.2) is 4.79 Å². The van der Waals surface area contributed by atoms with Crippen molar-refractivity contribution in [3.05, 3.63) is 241 Å². The largest absolute Gasteiger partial charge is 0.508 e. The third-order valence-corrected chi connectivity index (χ3v) is 20.7. The Morgan fingerprint density at radius 3 is 1.15 bits per heavy atom. The van der Waals surface area contributed by atoms with Crippen molar-refractivity contribution in [2.45, 2.75) is 159 Å². The lowest BCUT2D eigenvalue weighted by Gasteiger charge is -2.25. The summed E-state index contributed by atoms with van der Waals surface area (Å²) >= 11 is 0. The third-order valence-electron chi connectivity index (χ3n) is 20.7. The zero-order chi connectivity index (χ0) is 87.0. The average molecular weight is 1680 g/mol. The highest BCUT2D eigenvalue weighted by Gasteiger charge is 2.36. The number of carboxylic acid groups (broad SMARTS) is 1. The predicted octanol–water partition coefficient (Wildman–Crippen LogP) is 20.7. The first-order valence-corrected chi connectivity index (χ1v) is 39.2. The number of alkyl halides is 7. The highest BCUT2D eigenvalue weighted by Crippen LogP contribution is 2.48. The van der Waals surface area contributed by atoms with Crippen LogP contribution in [0.1, 0.15) is 186 Å². The number of benzene rings is 8. The fourth-order valence-corrected chi connectivity index (χ4v) is 14.7. The highest BCUT2D eigenvalue weighted by atomic mass is 19.4. The number of rotatable bonds is 20. The number of hydrogen-bond acceptors (Lipinski definition) is 17. The van der Waals surface area contributed by atoms with Crippen molar-refractivity contribution in [3.8, 4) is 90.3 Å². The van der Waals surface area contributed by atoms with Gasteiger partial charge in [0.25, 0.3) is 11.8 Å². The predicted molar refractivity (Wildman–Crippen MR) is 458 cm³/mol. The Labute approximate surface area is 704 Å². The van der Waals surface area contributed by atoms with Crippen molar-refractivity contribution >= 4 is 17.8 Å². The Morgan fingerprint density at radius 1 is 0.496 bits per heavy atom. The molecule has 646 valence electrons. The number of nitrogens with one attached hydrogen (secondary N) is 2. The molecule has 0 spiro atoms. The number of nitrogens with two attached hydrogens (primary N) is 1. The Bertz CT molecular complexity index is 5380. The number of hydrogen-bond donors (Lipinski definition) is 6. The maximum atomic E-state index is 13.1. The van der Waals surface area contributed by atoms with Crippen LogP contribution in [-0.2, 0) is 52.1 Å². The van der Waals surface area contributed by atoms with E-state index in [-0.39, 0.29) is 83.8 Å². The van der Waals surface area contributed by atoms with Gasteiger partial charge in [0.05, 0.1) is 41.9 Å². The molecular weight excluding hydrogens is 1560 g/mol. The van der Waals surface area contributed by atoms with Crippen molar-refractivity contribution in [1.29, 1.82) is 0 Å². The summed E-state index contributed by atoms with van der Waals surface area (Å²) in [6.07, 6.45) is -6.68. The monoisotopic (exact) mass is 1670 g/mol.